The van der Waals surface area contributed by atoms with Crippen molar-refractivity contribution in [3.05, 3.63) is 41.9 Å². The Balaban J connectivity index is 1.93. The predicted molar refractivity (Wildman–Crippen MR) is 84.4 cm³/mol. The molecule has 1 fully saturated rings. The third-order valence-corrected chi connectivity index (χ3v) is 4.10. The van der Waals surface area contributed by atoms with Gasteiger partial charge < -0.3 is 10.2 Å². The zero-order valence-corrected chi connectivity index (χ0v) is 13.0. The quantitative estimate of drug-likeness (QED) is 0.669. The Hall–Kier alpha value is -2.35. The van der Waals surface area contributed by atoms with E-state index in [9.17, 15) is 10.1 Å². The van der Waals surface area contributed by atoms with Crippen molar-refractivity contribution in [3.8, 4) is 6.07 Å². The van der Waals surface area contributed by atoms with Crippen LogP contribution in [0.4, 0.5) is 0 Å². The van der Waals surface area contributed by atoms with Crippen LogP contribution in [0.1, 0.15) is 37.7 Å². The summed E-state index contributed by atoms with van der Waals surface area (Å²) in [7, 11) is 1.80. The molecule has 1 aliphatic carbocycles. The van der Waals surface area contributed by atoms with Gasteiger partial charge in [0, 0.05) is 38.2 Å². The van der Waals surface area contributed by atoms with Crippen LogP contribution < -0.4 is 5.32 Å². The lowest BCUT2D eigenvalue weighted by atomic mass is 9.94. The third-order valence-electron chi connectivity index (χ3n) is 4.10. The monoisotopic (exact) mass is 298 g/mol. The number of hydrogen-bond donors (Lipinski definition) is 1. The van der Waals surface area contributed by atoms with Crippen molar-refractivity contribution in [1.82, 2.24) is 15.2 Å². The van der Waals surface area contributed by atoms with Gasteiger partial charge >= 0.3 is 0 Å². The first-order chi connectivity index (χ1) is 10.7. The minimum absolute atomic E-state index is 0.155. The highest BCUT2D eigenvalue weighted by molar-refractivity contribution is 5.97. The summed E-state index contributed by atoms with van der Waals surface area (Å²) in [5, 5.41) is 12.3. The van der Waals surface area contributed by atoms with E-state index in [1.165, 1.54) is 12.6 Å². The fraction of sp³-hybridized carbons (Fsp3) is 0.471. The molecule has 2 rings (SSSR count). The molecule has 0 aliphatic heterocycles. The lowest BCUT2D eigenvalue weighted by Crippen LogP contribution is -2.39. The van der Waals surface area contributed by atoms with Crippen LogP contribution >= 0.6 is 0 Å². The molecule has 1 N–H and O–H groups in total. The van der Waals surface area contributed by atoms with Crippen LogP contribution in [-0.2, 0) is 11.3 Å². The Kier molecular flexibility index (Phi) is 5.96. The van der Waals surface area contributed by atoms with Crippen molar-refractivity contribution >= 4 is 5.91 Å². The molecular formula is C17H22N4O. The summed E-state index contributed by atoms with van der Waals surface area (Å²) in [4.78, 5) is 18.1. The summed E-state index contributed by atoms with van der Waals surface area (Å²) in [5.41, 5.74) is 1.21. The standard InChI is InChI=1S/C17H22N4O/c1-21(16-5-3-2-4-6-16)17(22)15(11-18)13-20-12-14-7-9-19-10-8-14/h7-10,13,16,20H,2-6,12H2,1H3/b15-13-. The molecule has 0 unspecified atom stereocenters. The van der Waals surface area contributed by atoms with Crippen LogP contribution in [-0.4, -0.2) is 28.9 Å². The van der Waals surface area contributed by atoms with E-state index < -0.39 is 0 Å². The second-order valence-corrected chi connectivity index (χ2v) is 5.61. The highest BCUT2D eigenvalue weighted by Crippen LogP contribution is 2.22. The first-order valence-electron chi connectivity index (χ1n) is 7.72. The molecule has 0 atom stereocenters. The van der Waals surface area contributed by atoms with Crippen molar-refractivity contribution in [1.29, 1.82) is 5.26 Å². The highest BCUT2D eigenvalue weighted by atomic mass is 16.2. The number of nitrogens with zero attached hydrogens (tertiary/aromatic N) is 3. The maximum atomic E-state index is 12.4. The van der Waals surface area contributed by atoms with E-state index in [1.54, 1.807) is 24.3 Å². The minimum Gasteiger partial charge on any atom is -0.386 e. The summed E-state index contributed by atoms with van der Waals surface area (Å²) >= 11 is 0. The van der Waals surface area contributed by atoms with Crippen LogP contribution in [0.15, 0.2) is 36.3 Å². The van der Waals surface area contributed by atoms with E-state index in [2.05, 4.69) is 10.3 Å². The van der Waals surface area contributed by atoms with Gasteiger partial charge in [0.25, 0.3) is 5.91 Å². The van der Waals surface area contributed by atoms with E-state index in [1.807, 2.05) is 18.2 Å². The second kappa shape index (κ2) is 8.18. The molecule has 5 heteroatoms. The molecule has 1 aromatic heterocycles. The number of nitriles is 1. The summed E-state index contributed by atoms with van der Waals surface area (Å²) in [6, 6.07) is 6.05. The molecular weight excluding hydrogens is 276 g/mol. The maximum Gasteiger partial charge on any atom is 0.265 e. The van der Waals surface area contributed by atoms with Crippen LogP contribution in [0.3, 0.4) is 0 Å². The van der Waals surface area contributed by atoms with Gasteiger partial charge in [-0.05, 0) is 30.5 Å². The SMILES string of the molecule is CN(C(=O)/C(C#N)=C\NCc1ccncc1)C1CCCCC1. The largest absolute Gasteiger partial charge is 0.386 e. The summed E-state index contributed by atoms with van der Waals surface area (Å²) in [6.07, 6.45) is 10.6. The Morgan fingerprint density at radius 2 is 2.09 bits per heavy atom. The Morgan fingerprint density at radius 3 is 2.73 bits per heavy atom. The number of pyridine rings is 1. The fourth-order valence-corrected chi connectivity index (χ4v) is 2.74. The number of aromatic nitrogens is 1. The minimum atomic E-state index is -0.198. The smallest absolute Gasteiger partial charge is 0.265 e. The summed E-state index contributed by atoms with van der Waals surface area (Å²) in [6.45, 7) is 0.564. The fourth-order valence-electron chi connectivity index (χ4n) is 2.74. The molecule has 1 heterocycles. The number of rotatable bonds is 5. The van der Waals surface area contributed by atoms with Crippen molar-refractivity contribution in [2.75, 3.05) is 7.05 Å². The van der Waals surface area contributed by atoms with Gasteiger partial charge in [0.2, 0.25) is 0 Å². The Labute approximate surface area is 131 Å². The van der Waals surface area contributed by atoms with Gasteiger partial charge in [-0.25, -0.2) is 0 Å². The Bertz CT molecular complexity index is 556. The predicted octanol–water partition coefficient (Wildman–Crippen LogP) is 2.37. The molecule has 1 aromatic rings. The molecule has 1 saturated carbocycles. The number of carbonyl (C=O) groups excluding carboxylic acids is 1. The summed E-state index contributed by atoms with van der Waals surface area (Å²) < 4.78 is 0. The number of hydrogen-bond acceptors (Lipinski definition) is 4. The number of amides is 1. The maximum absolute atomic E-state index is 12.4. The average Bonchev–Trinajstić information content (AvgIpc) is 2.59. The molecule has 1 aliphatic rings. The third kappa shape index (κ3) is 4.32. The van der Waals surface area contributed by atoms with E-state index in [-0.39, 0.29) is 17.5 Å². The van der Waals surface area contributed by atoms with Crippen molar-refractivity contribution in [3.63, 3.8) is 0 Å². The molecule has 0 bridgehead atoms. The molecule has 5 nitrogen and oxygen atoms in total. The number of likely N-dealkylation sites (N-methyl/N-ethyl adjacent to an activating group) is 1. The number of carbonyl (C=O) groups is 1. The second-order valence-electron chi connectivity index (χ2n) is 5.61. The van der Waals surface area contributed by atoms with Gasteiger partial charge in [-0.1, -0.05) is 19.3 Å². The van der Waals surface area contributed by atoms with E-state index in [0.29, 0.717) is 6.54 Å². The molecule has 0 radical (unpaired) electrons. The number of nitrogens with one attached hydrogen (secondary N) is 1. The van der Waals surface area contributed by atoms with E-state index >= 15 is 0 Å². The van der Waals surface area contributed by atoms with Crippen molar-refractivity contribution < 1.29 is 4.79 Å². The van der Waals surface area contributed by atoms with Gasteiger partial charge in [-0.15, -0.1) is 0 Å². The lowest BCUT2D eigenvalue weighted by Gasteiger charge is -2.31. The van der Waals surface area contributed by atoms with E-state index in [0.717, 1.165) is 31.2 Å². The molecule has 22 heavy (non-hydrogen) atoms. The molecule has 1 amide bonds. The van der Waals surface area contributed by atoms with Crippen LogP contribution in [0.25, 0.3) is 0 Å². The molecule has 0 aromatic carbocycles. The van der Waals surface area contributed by atoms with Gasteiger partial charge in [0.1, 0.15) is 11.6 Å². The molecule has 116 valence electrons. The molecule has 0 spiro atoms. The van der Waals surface area contributed by atoms with Gasteiger partial charge in [0.05, 0.1) is 0 Å². The van der Waals surface area contributed by atoms with Gasteiger partial charge in [0.15, 0.2) is 0 Å². The van der Waals surface area contributed by atoms with Crippen LogP contribution in [0.5, 0.6) is 0 Å². The average molecular weight is 298 g/mol. The Morgan fingerprint density at radius 1 is 1.41 bits per heavy atom. The van der Waals surface area contributed by atoms with E-state index in [4.69, 9.17) is 0 Å². The topological polar surface area (TPSA) is 69.0 Å². The lowest BCUT2D eigenvalue weighted by molar-refractivity contribution is -0.128. The zero-order valence-electron chi connectivity index (χ0n) is 13.0. The van der Waals surface area contributed by atoms with Crippen LogP contribution in [0, 0.1) is 11.3 Å². The van der Waals surface area contributed by atoms with Gasteiger partial charge in [-0.3, -0.25) is 9.78 Å². The van der Waals surface area contributed by atoms with Crippen molar-refractivity contribution in [2.45, 2.75) is 44.7 Å². The first-order valence-corrected chi connectivity index (χ1v) is 7.72. The first kappa shape index (κ1) is 16.0. The van der Waals surface area contributed by atoms with Gasteiger partial charge in [-0.2, -0.15) is 5.26 Å². The molecule has 0 saturated heterocycles. The zero-order chi connectivity index (χ0) is 15.8. The normalized spacial score (nSPS) is 15.9. The highest BCUT2D eigenvalue weighted by Gasteiger charge is 2.24. The summed E-state index contributed by atoms with van der Waals surface area (Å²) in [5.74, 6) is -0.198. The van der Waals surface area contributed by atoms with Crippen molar-refractivity contribution in [2.24, 2.45) is 0 Å². The van der Waals surface area contributed by atoms with Crippen LogP contribution in [0.2, 0.25) is 0 Å².